The quantitative estimate of drug-likeness (QED) is 0.515. The smallest absolute Gasteiger partial charge is 0.241 e. The van der Waals surface area contributed by atoms with Crippen molar-refractivity contribution in [3.8, 4) is 5.75 Å². The monoisotopic (exact) mass is 374 g/mol. The number of amides is 1. The lowest BCUT2D eigenvalue weighted by Crippen LogP contribution is -2.33. The molecule has 1 aliphatic carbocycles. The van der Waals surface area contributed by atoms with E-state index in [1.165, 1.54) is 12.1 Å². The standard InChI is InChI=1S/C17H13NO7S/c1-8(26(23,24)25)17(22)18-11-6-7-12(19)14-13(11)15(20)9-4-2-3-5-10(9)16(14)21/h2-8,19H,1H3,(H,18,22)(H,23,24,25)/p-1. The van der Waals surface area contributed by atoms with E-state index in [0.29, 0.717) is 0 Å². The first-order chi connectivity index (χ1) is 12.1. The summed E-state index contributed by atoms with van der Waals surface area (Å²) in [5.74, 6) is -2.81. The van der Waals surface area contributed by atoms with Crippen LogP contribution in [-0.2, 0) is 14.9 Å². The van der Waals surface area contributed by atoms with Gasteiger partial charge in [-0.15, -0.1) is 0 Å². The van der Waals surface area contributed by atoms with E-state index in [1.54, 1.807) is 12.1 Å². The molecule has 2 aromatic carbocycles. The summed E-state index contributed by atoms with van der Waals surface area (Å²) in [6.45, 7) is 0.910. The predicted molar refractivity (Wildman–Crippen MR) is 89.2 cm³/mol. The van der Waals surface area contributed by atoms with Gasteiger partial charge >= 0.3 is 0 Å². The van der Waals surface area contributed by atoms with Gasteiger partial charge in [0, 0.05) is 11.1 Å². The first-order valence-electron chi connectivity index (χ1n) is 7.43. The minimum Gasteiger partial charge on any atom is -0.747 e. The maximum Gasteiger partial charge on any atom is 0.241 e. The van der Waals surface area contributed by atoms with Gasteiger partial charge in [-0.25, -0.2) is 8.42 Å². The molecule has 26 heavy (non-hydrogen) atoms. The number of hydrogen-bond donors (Lipinski definition) is 2. The summed E-state index contributed by atoms with van der Waals surface area (Å²) in [5, 5.41) is 10.3. The second-order valence-electron chi connectivity index (χ2n) is 5.71. The highest BCUT2D eigenvalue weighted by Crippen LogP contribution is 2.37. The van der Waals surface area contributed by atoms with Crippen molar-refractivity contribution in [2.24, 2.45) is 0 Å². The fourth-order valence-corrected chi connectivity index (χ4v) is 3.00. The number of hydrogen-bond acceptors (Lipinski definition) is 7. The van der Waals surface area contributed by atoms with Crippen LogP contribution in [0, 0.1) is 0 Å². The topological polar surface area (TPSA) is 141 Å². The Morgan fingerprint density at radius 3 is 2.12 bits per heavy atom. The minimum absolute atomic E-state index is 0.0931. The van der Waals surface area contributed by atoms with Gasteiger partial charge < -0.3 is 15.0 Å². The highest BCUT2D eigenvalue weighted by atomic mass is 32.2. The first-order valence-corrected chi connectivity index (χ1v) is 8.90. The zero-order valence-electron chi connectivity index (χ0n) is 13.3. The molecule has 1 amide bonds. The van der Waals surface area contributed by atoms with Crippen molar-refractivity contribution in [1.82, 2.24) is 0 Å². The predicted octanol–water partition coefficient (Wildman–Crippen LogP) is 1.04. The number of ketones is 2. The maximum atomic E-state index is 12.8. The van der Waals surface area contributed by atoms with Crippen LogP contribution in [0.1, 0.15) is 38.8 Å². The van der Waals surface area contributed by atoms with E-state index in [1.807, 2.05) is 0 Å². The summed E-state index contributed by atoms with van der Waals surface area (Å²) in [7, 11) is -4.89. The summed E-state index contributed by atoms with van der Waals surface area (Å²) in [4.78, 5) is 37.4. The van der Waals surface area contributed by atoms with Crippen LogP contribution in [-0.4, -0.2) is 40.8 Å². The lowest BCUT2D eigenvalue weighted by molar-refractivity contribution is -0.115. The highest BCUT2D eigenvalue weighted by molar-refractivity contribution is 7.87. The molecule has 2 aromatic rings. The Kier molecular flexibility index (Phi) is 4.13. The number of carbonyl (C=O) groups excluding carboxylic acids is 3. The Labute approximate surface area is 148 Å². The Hall–Kier alpha value is -3.04. The average molecular weight is 374 g/mol. The Morgan fingerprint density at radius 2 is 1.58 bits per heavy atom. The van der Waals surface area contributed by atoms with Crippen LogP contribution < -0.4 is 5.32 Å². The lowest BCUT2D eigenvalue weighted by atomic mass is 9.82. The molecule has 8 nitrogen and oxygen atoms in total. The molecule has 0 heterocycles. The Balaban J connectivity index is 2.13. The van der Waals surface area contributed by atoms with E-state index in [4.69, 9.17) is 0 Å². The van der Waals surface area contributed by atoms with Crippen molar-refractivity contribution < 1.29 is 32.5 Å². The molecule has 3 rings (SSSR count). The largest absolute Gasteiger partial charge is 0.747 e. The first kappa shape index (κ1) is 17.8. The van der Waals surface area contributed by atoms with E-state index in [0.717, 1.165) is 19.1 Å². The summed E-state index contributed by atoms with van der Waals surface area (Å²) < 4.78 is 33.0. The number of phenols is 1. The van der Waals surface area contributed by atoms with Gasteiger partial charge in [-0.05, 0) is 19.1 Å². The van der Waals surface area contributed by atoms with E-state index in [-0.39, 0.29) is 27.9 Å². The summed E-state index contributed by atoms with van der Waals surface area (Å²) >= 11 is 0. The summed E-state index contributed by atoms with van der Waals surface area (Å²) in [6.07, 6.45) is 0. The van der Waals surface area contributed by atoms with Gasteiger partial charge in [-0.3, -0.25) is 14.4 Å². The van der Waals surface area contributed by atoms with Crippen LogP contribution in [0.4, 0.5) is 5.69 Å². The van der Waals surface area contributed by atoms with E-state index >= 15 is 0 Å². The maximum absolute atomic E-state index is 12.8. The van der Waals surface area contributed by atoms with Gasteiger partial charge in [0.15, 0.2) is 11.6 Å². The number of nitrogens with one attached hydrogen (secondary N) is 1. The highest BCUT2D eigenvalue weighted by Gasteiger charge is 2.34. The van der Waals surface area contributed by atoms with Gasteiger partial charge in [-0.2, -0.15) is 0 Å². The number of aromatic hydroxyl groups is 1. The third-order valence-corrected chi connectivity index (χ3v) is 5.19. The fourth-order valence-electron chi connectivity index (χ4n) is 2.68. The molecular weight excluding hydrogens is 362 g/mol. The SMILES string of the molecule is CC(C(=O)Nc1ccc(O)c2c1C(=O)c1ccccc1C2=O)S(=O)(=O)[O-]. The Morgan fingerprint density at radius 1 is 1.04 bits per heavy atom. The van der Waals surface area contributed by atoms with Crippen molar-refractivity contribution in [2.75, 3.05) is 5.32 Å². The number of phenolic OH excluding ortho intramolecular Hbond substituents is 1. The van der Waals surface area contributed by atoms with Gasteiger partial charge in [0.1, 0.15) is 21.1 Å². The molecule has 0 spiro atoms. The van der Waals surface area contributed by atoms with E-state index in [9.17, 15) is 32.5 Å². The molecule has 1 unspecified atom stereocenters. The van der Waals surface area contributed by atoms with Crippen molar-refractivity contribution in [2.45, 2.75) is 12.2 Å². The normalized spacial score (nSPS) is 14.4. The van der Waals surface area contributed by atoms with Gasteiger partial charge in [-0.1, -0.05) is 24.3 Å². The van der Waals surface area contributed by atoms with Crippen LogP contribution in [0.25, 0.3) is 0 Å². The third kappa shape index (κ3) is 2.76. The minimum atomic E-state index is -4.89. The summed E-state index contributed by atoms with van der Waals surface area (Å²) in [5.41, 5.74) is -0.497. The molecule has 0 saturated heterocycles. The molecular formula is C17H12NO7S-. The molecule has 1 atom stereocenters. The van der Waals surface area contributed by atoms with Crippen molar-refractivity contribution >= 4 is 33.3 Å². The molecule has 134 valence electrons. The van der Waals surface area contributed by atoms with Gasteiger partial charge in [0.25, 0.3) is 0 Å². The summed E-state index contributed by atoms with van der Waals surface area (Å²) in [6, 6.07) is 8.26. The van der Waals surface area contributed by atoms with E-state index in [2.05, 4.69) is 5.32 Å². The fraction of sp³-hybridized carbons (Fsp3) is 0.118. The van der Waals surface area contributed by atoms with Crippen LogP contribution >= 0.6 is 0 Å². The third-order valence-electron chi connectivity index (χ3n) is 4.11. The van der Waals surface area contributed by atoms with Gasteiger partial charge in [0.2, 0.25) is 5.91 Å². The molecule has 2 N–H and O–H groups in total. The van der Waals surface area contributed by atoms with Crippen LogP contribution in [0.5, 0.6) is 5.75 Å². The second-order valence-corrected chi connectivity index (χ2v) is 7.40. The van der Waals surface area contributed by atoms with Crippen molar-refractivity contribution in [3.63, 3.8) is 0 Å². The van der Waals surface area contributed by atoms with Gasteiger partial charge in [0.05, 0.1) is 16.8 Å². The van der Waals surface area contributed by atoms with Crippen LogP contribution in [0.15, 0.2) is 36.4 Å². The number of fused-ring (bicyclic) bond motifs is 2. The molecule has 0 aromatic heterocycles. The second kappa shape index (κ2) is 6.04. The number of carbonyl (C=O) groups is 3. The number of rotatable bonds is 3. The molecule has 0 bridgehead atoms. The number of benzene rings is 2. The lowest BCUT2D eigenvalue weighted by Gasteiger charge is -2.22. The van der Waals surface area contributed by atoms with Crippen LogP contribution in [0.2, 0.25) is 0 Å². The van der Waals surface area contributed by atoms with Crippen molar-refractivity contribution in [3.05, 3.63) is 58.7 Å². The molecule has 9 heteroatoms. The molecule has 1 aliphatic rings. The molecule has 0 fully saturated rings. The molecule has 0 radical (unpaired) electrons. The molecule has 0 aliphatic heterocycles. The van der Waals surface area contributed by atoms with Crippen molar-refractivity contribution in [1.29, 1.82) is 0 Å². The molecule has 0 saturated carbocycles. The average Bonchev–Trinajstić information content (AvgIpc) is 2.59. The van der Waals surface area contributed by atoms with Crippen LogP contribution in [0.3, 0.4) is 0 Å². The zero-order valence-corrected chi connectivity index (χ0v) is 14.2. The zero-order chi connectivity index (χ0) is 19.2. The number of anilines is 1. The van der Waals surface area contributed by atoms with E-state index < -0.39 is 38.6 Å². The Bertz CT molecular complexity index is 1070.